The Morgan fingerprint density at radius 1 is 1.41 bits per heavy atom. The van der Waals surface area contributed by atoms with Gasteiger partial charge in [0.25, 0.3) is 0 Å². The monoisotopic (exact) mass is 238 g/mol. The van der Waals surface area contributed by atoms with Crippen LogP contribution in [0.2, 0.25) is 0 Å². The lowest BCUT2D eigenvalue weighted by atomic mass is 9.84. The molecule has 3 heteroatoms. The lowest BCUT2D eigenvalue weighted by molar-refractivity contribution is -0.123. The topological polar surface area (TPSA) is 55.1 Å². The van der Waals surface area contributed by atoms with Gasteiger partial charge < -0.3 is 11.1 Å². The van der Waals surface area contributed by atoms with E-state index in [1.807, 2.05) is 13.8 Å². The van der Waals surface area contributed by atoms with Crippen molar-refractivity contribution in [2.24, 2.45) is 23.5 Å². The maximum Gasteiger partial charge on any atom is 0.222 e. The van der Waals surface area contributed by atoms with Crippen molar-refractivity contribution in [2.75, 3.05) is 0 Å². The molecule has 0 aromatic rings. The number of fused-ring (bicyclic) bond motifs is 2. The van der Waals surface area contributed by atoms with Crippen LogP contribution in [0.15, 0.2) is 0 Å². The summed E-state index contributed by atoms with van der Waals surface area (Å²) in [5, 5.41) is 3.14. The van der Waals surface area contributed by atoms with Gasteiger partial charge in [-0.2, -0.15) is 0 Å². The van der Waals surface area contributed by atoms with Crippen molar-refractivity contribution in [3.63, 3.8) is 0 Å². The number of hydrogen-bond acceptors (Lipinski definition) is 2. The van der Waals surface area contributed by atoms with E-state index >= 15 is 0 Å². The molecule has 0 spiro atoms. The van der Waals surface area contributed by atoms with Gasteiger partial charge in [-0.3, -0.25) is 4.79 Å². The summed E-state index contributed by atoms with van der Waals surface area (Å²) in [6, 6.07) is 0.320. The van der Waals surface area contributed by atoms with Gasteiger partial charge in [0.05, 0.1) is 0 Å². The first-order chi connectivity index (χ1) is 7.85. The van der Waals surface area contributed by atoms with Crippen LogP contribution in [0.3, 0.4) is 0 Å². The Labute approximate surface area is 105 Å². The molecule has 0 aliphatic heterocycles. The highest BCUT2D eigenvalue weighted by molar-refractivity contribution is 5.77. The molecule has 0 aromatic carbocycles. The second kappa shape index (κ2) is 4.60. The number of nitrogens with one attached hydrogen (secondary N) is 1. The zero-order valence-electron chi connectivity index (χ0n) is 11.3. The number of hydrogen-bond donors (Lipinski definition) is 2. The zero-order valence-corrected chi connectivity index (χ0v) is 11.3. The largest absolute Gasteiger partial charge is 0.353 e. The van der Waals surface area contributed by atoms with Crippen molar-refractivity contribution in [3.8, 4) is 0 Å². The third-order valence-corrected chi connectivity index (χ3v) is 4.44. The molecule has 0 aromatic heterocycles. The van der Waals surface area contributed by atoms with Crippen molar-refractivity contribution >= 4 is 5.91 Å². The maximum absolute atomic E-state index is 11.8. The predicted octanol–water partition coefficient (Wildman–Crippen LogP) is 2.05. The van der Waals surface area contributed by atoms with Crippen molar-refractivity contribution < 1.29 is 4.79 Å². The van der Waals surface area contributed by atoms with Gasteiger partial charge in [0.1, 0.15) is 0 Å². The molecule has 0 saturated heterocycles. The van der Waals surface area contributed by atoms with Crippen LogP contribution in [0.5, 0.6) is 0 Å². The zero-order chi connectivity index (χ0) is 12.6. The molecule has 2 saturated carbocycles. The SMILES string of the molecule is CC(NC(=O)CC(C)(C)N)C1CC2CCC1C2. The predicted molar refractivity (Wildman–Crippen MR) is 69.4 cm³/mol. The van der Waals surface area contributed by atoms with Crippen LogP contribution < -0.4 is 11.1 Å². The average molecular weight is 238 g/mol. The fraction of sp³-hybridized carbons (Fsp3) is 0.929. The fourth-order valence-corrected chi connectivity index (χ4v) is 3.73. The Morgan fingerprint density at radius 3 is 2.59 bits per heavy atom. The highest BCUT2D eigenvalue weighted by atomic mass is 16.1. The summed E-state index contributed by atoms with van der Waals surface area (Å²) in [5.41, 5.74) is 5.46. The Hall–Kier alpha value is -0.570. The van der Waals surface area contributed by atoms with Crippen LogP contribution in [-0.2, 0) is 4.79 Å². The summed E-state index contributed by atoms with van der Waals surface area (Å²) in [6.45, 7) is 5.95. The van der Waals surface area contributed by atoms with E-state index in [1.165, 1.54) is 25.7 Å². The number of carbonyl (C=O) groups is 1. The van der Waals surface area contributed by atoms with E-state index in [2.05, 4.69) is 12.2 Å². The smallest absolute Gasteiger partial charge is 0.222 e. The third kappa shape index (κ3) is 3.21. The van der Waals surface area contributed by atoms with E-state index in [-0.39, 0.29) is 5.91 Å². The molecule has 17 heavy (non-hydrogen) atoms. The first-order valence-corrected chi connectivity index (χ1v) is 6.93. The molecule has 98 valence electrons. The number of amides is 1. The molecule has 2 fully saturated rings. The second-order valence-electron chi connectivity index (χ2n) is 6.86. The summed E-state index contributed by atoms with van der Waals surface area (Å²) in [6.07, 6.45) is 5.92. The Kier molecular flexibility index (Phi) is 3.48. The summed E-state index contributed by atoms with van der Waals surface area (Å²) in [5.74, 6) is 2.61. The summed E-state index contributed by atoms with van der Waals surface area (Å²) >= 11 is 0. The highest BCUT2D eigenvalue weighted by Crippen LogP contribution is 2.49. The van der Waals surface area contributed by atoms with Crippen LogP contribution in [-0.4, -0.2) is 17.5 Å². The first-order valence-electron chi connectivity index (χ1n) is 6.93. The molecule has 0 radical (unpaired) electrons. The van der Waals surface area contributed by atoms with Gasteiger partial charge in [-0.15, -0.1) is 0 Å². The normalized spacial score (nSPS) is 33.8. The van der Waals surface area contributed by atoms with Crippen LogP contribution in [0.25, 0.3) is 0 Å². The first kappa shape index (κ1) is 12.9. The molecule has 2 bridgehead atoms. The summed E-state index contributed by atoms with van der Waals surface area (Å²) in [4.78, 5) is 11.8. The average Bonchev–Trinajstić information content (AvgIpc) is 2.74. The van der Waals surface area contributed by atoms with Crippen molar-refractivity contribution in [3.05, 3.63) is 0 Å². The van der Waals surface area contributed by atoms with Crippen LogP contribution in [0.4, 0.5) is 0 Å². The molecule has 0 heterocycles. The minimum atomic E-state index is -0.404. The molecule has 4 unspecified atom stereocenters. The molecule has 2 rings (SSSR count). The van der Waals surface area contributed by atoms with E-state index in [9.17, 15) is 4.79 Å². The second-order valence-corrected chi connectivity index (χ2v) is 6.86. The van der Waals surface area contributed by atoms with E-state index in [0.717, 1.165) is 11.8 Å². The minimum Gasteiger partial charge on any atom is -0.353 e. The van der Waals surface area contributed by atoms with E-state index < -0.39 is 5.54 Å². The lowest BCUT2D eigenvalue weighted by Gasteiger charge is -2.29. The Bertz CT molecular complexity index is 295. The Balaban J connectivity index is 1.81. The fourth-order valence-electron chi connectivity index (χ4n) is 3.73. The van der Waals surface area contributed by atoms with Crippen molar-refractivity contribution in [1.82, 2.24) is 5.32 Å². The molecule has 2 aliphatic carbocycles. The summed E-state index contributed by atoms with van der Waals surface area (Å²) < 4.78 is 0. The van der Waals surface area contributed by atoms with Gasteiger partial charge in [0.2, 0.25) is 5.91 Å². The quantitative estimate of drug-likeness (QED) is 0.787. The van der Waals surface area contributed by atoms with Crippen LogP contribution in [0.1, 0.15) is 52.9 Å². The molecule has 4 atom stereocenters. The number of nitrogens with two attached hydrogens (primary N) is 1. The van der Waals surface area contributed by atoms with Gasteiger partial charge in [0, 0.05) is 18.0 Å². The third-order valence-electron chi connectivity index (χ3n) is 4.44. The molecular formula is C14H26N2O. The maximum atomic E-state index is 11.8. The number of carbonyl (C=O) groups excluding carboxylic acids is 1. The number of rotatable bonds is 4. The van der Waals surface area contributed by atoms with Crippen molar-refractivity contribution in [1.29, 1.82) is 0 Å². The molecule has 3 nitrogen and oxygen atoms in total. The van der Waals surface area contributed by atoms with Gasteiger partial charge >= 0.3 is 0 Å². The molecule has 3 N–H and O–H groups in total. The molecule has 2 aliphatic rings. The highest BCUT2D eigenvalue weighted by Gasteiger charge is 2.42. The van der Waals surface area contributed by atoms with Crippen molar-refractivity contribution in [2.45, 2.75) is 64.5 Å². The Morgan fingerprint density at radius 2 is 2.12 bits per heavy atom. The standard InChI is InChI=1S/C14H26N2O/c1-9(16-13(17)8-14(2,3)15)12-7-10-4-5-11(12)6-10/h9-12H,4-8,15H2,1-3H3,(H,16,17). The molecular weight excluding hydrogens is 212 g/mol. The van der Waals surface area contributed by atoms with Crippen LogP contribution >= 0.6 is 0 Å². The van der Waals surface area contributed by atoms with Gasteiger partial charge in [-0.05, 0) is 57.8 Å². The van der Waals surface area contributed by atoms with Crippen LogP contribution in [0, 0.1) is 17.8 Å². The van der Waals surface area contributed by atoms with Gasteiger partial charge in [-0.1, -0.05) is 6.42 Å². The summed E-state index contributed by atoms with van der Waals surface area (Å²) in [7, 11) is 0. The van der Waals surface area contributed by atoms with E-state index in [0.29, 0.717) is 18.4 Å². The lowest BCUT2D eigenvalue weighted by Crippen LogP contribution is -2.44. The minimum absolute atomic E-state index is 0.104. The molecule has 1 amide bonds. The van der Waals surface area contributed by atoms with Gasteiger partial charge in [0.15, 0.2) is 0 Å². The van der Waals surface area contributed by atoms with E-state index in [1.54, 1.807) is 0 Å². The van der Waals surface area contributed by atoms with E-state index in [4.69, 9.17) is 5.73 Å². The van der Waals surface area contributed by atoms with Gasteiger partial charge in [-0.25, -0.2) is 0 Å².